The van der Waals surface area contributed by atoms with Crippen LogP contribution in [0.25, 0.3) is 0 Å². The summed E-state index contributed by atoms with van der Waals surface area (Å²) in [6.45, 7) is 3.03. The van der Waals surface area contributed by atoms with Crippen LogP contribution in [0.3, 0.4) is 0 Å². The fraction of sp³-hybridized carbons (Fsp3) is 0.778. The van der Waals surface area contributed by atoms with Crippen molar-refractivity contribution >= 4 is 45.5 Å². The summed E-state index contributed by atoms with van der Waals surface area (Å²) < 4.78 is 10.5. The Bertz CT molecular complexity index is 184. The molecule has 0 aliphatic heterocycles. The molecule has 0 aromatic rings. The van der Waals surface area contributed by atoms with Gasteiger partial charge in [-0.15, -0.1) is 0 Å². The molecule has 4 heteroatoms. The Morgan fingerprint density at radius 2 is 2.46 bits per heavy atom. The number of halogens is 2. The fourth-order valence-corrected chi connectivity index (χ4v) is 3.63. The van der Waals surface area contributed by atoms with Crippen LogP contribution < -0.4 is 3.53 Å². The van der Waals surface area contributed by atoms with Gasteiger partial charge in [0, 0.05) is 33.1 Å². The molecule has 0 bridgehead atoms. The lowest BCUT2D eigenvalue weighted by Gasteiger charge is -2.29. The van der Waals surface area contributed by atoms with E-state index in [1.165, 1.54) is 3.58 Å². The highest BCUT2D eigenvalue weighted by Gasteiger charge is 2.26. The van der Waals surface area contributed by atoms with Crippen molar-refractivity contribution in [1.82, 2.24) is 3.53 Å². The third-order valence-corrected chi connectivity index (χ3v) is 3.90. The third kappa shape index (κ3) is 3.64. The van der Waals surface area contributed by atoms with Crippen molar-refractivity contribution in [2.75, 3.05) is 6.61 Å². The molecule has 1 N–H and O–H groups in total. The summed E-state index contributed by atoms with van der Waals surface area (Å²) in [5.41, 5.74) is 0. The summed E-state index contributed by atoms with van der Waals surface area (Å²) in [5, 5.41) is 0. The van der Waals surface area contributed by atoms with E-state index < -0.39 is 0 Å². The van der Waals surface area contributed by atoms with E-state index in [0.717, 1.165) is 25.9 Å². The van der Waals surface area contributed by atoms with Gasteiger partial charge in [0.05, 0.1) is 12.1 Å². The Kier molecular flexibility index (Phi) is 6.17. The Morgan fingerprint density at radius 1 is 1.69 bits per heavy atom. The number of rotatable bonds is 4. The number of allylic oxidation sites excluding steroid dienone is 1. The van der Waals surface area contributed by atoms with Crippen LogP contribution in [0.1, 0.15) is 26.2 Å². The molecular formula is C9H15I2NO. The van der Waals surface area contributed by atoms with Gasteiger partial charge in [0.2, 0.25) is 0 Å². The van der Waals surface area contributed by atoms with Crippen molar-refractivity contribution in [1.29, 1.82) is 0 Å². The van der Waals surface area contributed by atoms with Gasteiger partial charge in [-0.25, -0.2) is 0 Å². The van der Waals surface area contributed by atoms with Crippen molar-refractivity contribution in [3.8, 4) is 0 Å². The SMILES string of the molecule is CCCOC1CCC=C(I)C1NI. The van der Waals surface area contributed by atoms with E-state index in [4.69, 9.17) is 4.74 Å². The molecule has 0 heterocycles. The standard InChI is InChI=1S/C9H15I2NO/c1-2-6-13-8-5-3-4-7(10)9(8)12-11/h4,8-9,12H,2-3,5-6H2,1H3. The van der Waals surface area contributed by atoms with E-state index in [-0.39, 0.29) is 0 Å². The first kappa shape index (κ1) is 12.2. The molecule has 1 aliphatic carbocycles. The van der Waals surface area contributed by atoms with Crippen LogP contribution in [0.15, 0.2) is 9.66 Å². The fourth-order valence-electron chi connectivity index (χ4n) is 1.43. The summed E-state index contributed by atoms with van der Waals surface area (Å²) in [5.74, 6) is 0. The quantitative estimate of drug-likeness (QED) is 0.571. The van der Waals surface area contributed by atoms with Crippen LogP contribution in [-0.2, 0) is 4.74 Å². The molecule has 0 amide bonds. The number of hydrogen-bond donors (Lipinski definition) is 1. The molecule has 0 radical (unpaired) electrons. The van der Waals surface area contributed by atoms with Crippen molar-refractivity contribution in [2.24, 2.45) is 0 Å². The predicted octanol–water partition coefficient (Wildman–Crippen LogP) is 3.20. The number of nitrogens with one attached hydrogen (secondary N) is 1. The van der Waals surface area contributed by atoms with E-state index >= 15 is 0 Å². The molecule has 0 aromatic carbocycles. The monoisotopic (exact) mass is 407 g/mol. The average Bonchev–Trinajstić information content (AvgIpc) is 2.15. The molecular weight excluding hydrogens is 392 g/mol. The van der Waals surface area contributed by atoms with Crippen molar-refractivity contribution < 1.29 is 4.74 Å². The Hall–Kier alpha value is 1.12. The second-order valence-electron chi connectivity index (χ2n) is 3.16. The second kappa shape index (κ2) is 6.58. The first-order valence-electron chi connectivity index (χ1n) is 4.63. The molecule has 2 atom stereocenters. The first-order valence-corrected chi connectivity index (χ1v) is 6.78. The van der Waals surface area contributed by atoms with Gasteiger partial charge < -0.3 is 4.74 Å². The molecule has 0 saturated heterocycles. The molecule has 2 nitrogen and oxygen atoms in total. The van der Waals surface area contributed by atoms with Gasteiger partial charge >= 0.3 is 0 Å². The molecule has 2 unspecified atom stereocenters. The summed E-state index contributed by atoms with van der Waals surface area (Å²) in [6.07, 6.45) is 6.07. The van der Waals surface area contributed by atoms with E-state index in [1.807, 2.05) is 0 Å². The topological polar surface area (TPSA) is 21.3 Å². The van der Waals surface area contributed by atoms with Gasteiger partial charge in [0.25, 0.3) is 0 Å². The Labute approximate surface area is 108 Å². The zero-order valence-corrected chi connectivity index (χ0v) is 12.0. The van der Waals surface area contributed by atoms with Gasteiger partial charge in [-0.05, 0) is 41.9 Å². The van der Waals surface area contributed by atoms with Crippen LogP contribution in [0, 0.1) is 0 Å². The largest absolute Gasteiger partial charge is 0.376 e. The smallest absolute Gasteiger partial charge is 0.0784 e. The lowest BCUT2D eigenvalue weighted by molar-refractivity contribution is 0.0352. The summed E-state index contributed by atoms with van der Waals surface area (Å²) in [4.78, 5) is 0. The Morgan fingerprint density at radius 3 is 3.08 bits per heavy atom. The maximum atomic E-state index is 5.79. The van der Waals surface area contributed by atoms with Crippen LogP contribution in [-0.4, -0.2) is 18.8 Å². The van der Waals surface area contributed by atoms with Crippen LogP contribution in [0.4, 0.5) is 0 Å². The molecule has 1 aliphatic rings. The molecule has 13 heavy (non-hydrogen) atoms. The lowest BCUT2D eigenvalue weighted by atomic mass is 10.0. The van der Waals surface area contributed by atoms with E-state index in [0.29, 0.717) is 12.1 Å². The van der Waals surface area contributed by atoms with Crippen LogP contribution >= 0.6 is 45.5 Å². The van der Waals surface area contributed by atoms with Gasteiger partial charge in [0.1, 0.15) is 0 Å². The normalized spacial score (nSPS) is 28.7. The van der Waals surface area contributed by atoms with Gasteiger partial charge in [-0.1, -0.05) is 13.0 Å². The minimum atomic E-state index is 0.369. The van der Waals surface area contributed by atoms with Crippen LogP contribution in [0.5, 0.6) is 0 Å². The van der Waals surface area contributed by atoms with E-state index in [2.05, 4.69) is 62.0 Å². The highest BCUT2D eigenvalue weighted by atomic mass is 127. The third-order valence-electron chi connectivity index (χ3n) is 2.11. The maximum absolute atomic E-state index is 5.79. The van der Waals surface area contributed by atoms with Gasteiger partial charge in [-0.3, -0.25) is 3.53 Å². The molecule has 0 saturated carbocycles. The molecule has 1 rings (SSSR count). The van der Waals surface area contributed by atoms with Crippen molar-refractivity contribution in [3.05, 3.63) is 9.66 Å². The first-order chi connectivity index (χ1) is 6.29. The second-order valence-corrected chi connectivity index (χ2v) is 5.03. The maximum Gasteiger partial charge on any atom is 0.0784 e. The molecule has 76 valence electrons. The average molecular weight is 407 g/mol. The van der Waals surface area contributed by atoms with E-state index in [1.54, 1.807) is 0 Å². The lowest BCUT2D eigenvalue weighted by Crippen LogP contribution is -2.39. The van der Waals surface area contributed by atoms with Crippen molar-refractivity contribution in [3.63, 3.8) is 0 Å². The van der Waals surface area contributed by atoms with Crippen molar-refractivity contribution in [2.45, 2.75) is 38.3 Å². The minimum Gasteiger partial charge on any atom is -0.376 e. The summed E-state index contributed by atoms with van der Waals surface area (Å²) >= 11 is 4.61. The highest BCUT2D eigenvalue weighted by Crippen LogP contribution is 2.26. The Balaban J connectivity index is 2.48. The predicted molar refractivity (Wildman–Crippen MR) is 72.3 cm³/mol. The van der Waals surface area contributed by atoms with Crippen LogP contribution in [0.2, 0.25) is 0 Å². The number of ether oxygens (including phenoxy) is 1. The summed E-state index contributed by atoms with van der Waals surface area (Å²) in [7, 11) is 0. The summed E-state index contributed by atoms with van der Waals surface area (Å²) in [6, 6.07) is 0.404. The zero-order chi connectivity index (χ0) is 9.68. The minimum absolute atomic E-state index is 0.369. The zero-order valence-electron chi connectivity index (χ0n) is 7.72. The van der Waals surface area contributed by atoms with Gasteiger partial charge in [-0.2, -0.15) is 0 Å². The number of hydrogen-bond acceptors (Lipinski definition) is 2. The highest BCUT2D eigenvalue weighted by molar-refractivity contribution is 14.1. The molecule has 0 aromatic heterocycles. The molecule has 0 spiro atoms. The van der Waals surface area contributed by atoms with E-state index in [9.17, 15) is 0 Å². The molecule has 0 fully saturated rings. The van der Waals surface area contributed by atoms with Gasteiger partial charge in [0.15, 0.2) is 0 Å².